The molecule has 180 valence electrons. The van der Waals surface area contributed by atoms with Gasteiger partial charge in [0.05, 0.1) is 39.6 Å². The van der Waals surface area contributed by atoms with Gasteiger partial charge in [0.15, 0.2) is 23.0 Å². The molecule has 0 fully saturated rings. The average Bonchev–Trinajstić information content (AvgIpc) is 3.55. The number of benzene rings is 2. The maximum atomic E-state index is 10.8. The van der Waals surface area contributed by atoms with Crippen LogP contribution in [0.4, 0.5) is 0 Å². The van der Waals surface area contributed by atoms with E-state index in [-0.39, 0.29) is 19.4 Å². The van der Waals surface area contributed by atoms with Crippen molar-refractivity contribution in [3.63, 3.8) is 0 Å². The van der Waals surface area contributed by atoms with Crippen LogP contribution >= 0.6 is 11.3 Å². The third-order valence-electron chi connectivity index (χ3n) is 6.25. The monoisotopic (exact) mass is 483 g/mol. The molecule has 2 aliphatic heterocycles. The molecule has 0 saturated heterocycles. The summed E-state index contributed by atoms with van der Waals surface area (Å²) in [5, 5.41) is 12.9. The number of aliphatic hydroxyl groups is 1. The molecule has 0 saturated carbocycles. The number of aliphatic hydroxyl groups excluding tert-OH is 1. The number of methoxy groups -OCH3 is 2. The first kappa shape index (κ1) is 23.0. The summed E-state index contributed by atoms with van der Waals surface area (Å²) in [5.74, 6) is 2.95. The second-order valence-electron chi connectivity index (χ2n) is 8.43. The second kappa shape index (κ2) is 10.2. The van der Waals surface area contributed by atoms with Gasteiger partial charge >= 0.3 is 0 Å². The number of thiophene rings is 1. The Balaban J connectivity index is 1.27. The molecule has 0 aliphatic carbocycles. The van der Waals surface area contributed by atoms with Crippen LogP contribution < -0.4 is 18.9 Å². The fourth-order valence-electron chi connectivity index (χ4n) is 4.64. The molecule has 0 bridgehead atoms. The van der Waals surface area contributed by atoms with E-state index in [9.17, 15) is 5.11 Å². The SMILES string of the molecule is COc1cc2c(cc1OC)[C@@H](c1cccs1)N(C[C@@H](O)COCc1ccc3c(c1)OCO3)CC2. The molecule has 0 radical (unpaired) electrons. The summed E-state index contributed by atoms with van der Waals surface area (Å²) in [6.45, 7) is 2.26. The van der Waals surface area contributed by atoms with E-state index in [1.54, 1.807) is 25.6 Å². The molecule has 5 rings (SSSR count). The molecule has 34 heavy (non-hydrogen) atoms. The largest absolute Gasteiger partial charge is 0.493 e. The second-order valence-corrected chi connectivity index (χ2v) is 9.40. The molecule has 3 heterocycles. The highest BCUT2D eigenvalue weighted by atomic mass is 32.1. The first-order valence-corrected chi connectivity index (χ1v) is 12.2. The van der Waals surface area contributed by atoms with E-state index in [1.165, 1.54) is 16.0 Å². The maximum Gasteiger partial charge on any atom is 0.231 e. The smallest absolute Gasteiger partial charge is 0.231 e. The molecule has 0 amide bonds. The van der Waals surface area contributed by atoms with Crippen LogP contribution in [0.15, 0.2) is 47.8 Å². The quantitative estimate of drug-likeness (QED) is 0.493. The third kappa shape index (κ3) is 4.72. The topological polar surface area (TPSA) is 69.6 Å². The van der Waals surface area contributed by atoms with Crippen molar-refractivity contribution in [2.75, 3.05) is 40.7 Å². The van der Waals surface area contributed by atoms with Gasteiger partial charge in [-0.2, -0.15) is 0 Å². The summed E-state index contributed by atoms with van der Waals surface area (Å²) in [5.41, 5.74) is 3.43. The van der Waals surface area contributed by atoms with Gasteiger partial charge in [-0.25, -0.2) is 0 Å². The number of hydrogen-bond donors (Lipinski definition) is 1. The van der Waals surface area contributed by atoms with Crippen molar-refractivity contribution < 1.29 is 28.8 Å². The van der Waals surface area contributed by atoms with Gasteiger partial charge in [0.2, 0.25) is 6.79 Å². The minimum atomic E-state index is -0.613. The summed E-state index contributed by atoms with van der Waals surface area (Å²) >= 11 is 1.72. The predicted molar refractivity (Wildman–Crippen MR) is 129 cm³/mol. The van der Waals surface area contributed by atoms with Gasteiger partial charge in [0, 0.05) is 18.0 Å². The van der Waals surface area contributed by atoms with Gasteiger partial charge in [-0.3, -0.25) is 4.90 Å². The molecule has 8 heteroatoms. The zero-order valence-corrected chi connectivity index (χ0v) is 20.2. The number of β-amino-alcohol motifs (C(OH)–C–C–N with tert-alkyl or cyclic N) is 1. The Labute approximate surface area is 203 Å². The van der Waals surface area contributed by atoms with E-state index in [1.807, 2.05) is 18.2 Å². The Morgan fingerprint density at radius 3 is 2.71 bits per heavy atom. The Bertz CT molecular complexity index is 1120. The number of hydrogen-bond acceptors (Lipinski definition) is 8. The number of nitrogens with zero attached hydrogens (tertiary/aromatic N) is 1. The van der Waals surface area contributed by atoms with E-state index >= 15 is 0 Å². The van der Waals surface area contributed by atoms with Crippen molar-refractivity contribution >= 4 is 11.3 Å². The average molecular weight is 484 g/mol. The van der Waals surface area contributed by atoms with Gasteiger partial charge in [-0.15, -0.1) is 11.3 Å². The Kier molecular flexibility index (Phi) is 6.92. The molecular formula is C26H29NO6S. The lowest BCUT2D eigenvalue weighted by Gasteiger charge is -2.38. The molecule has 2 aliphatic rings. The molecule has 3 aromatic rings. The Hall–Kier alpha value is -2.78. The first-order valence-electron chi connectivity index (χ1n) is 11.3. The summed E-state index contributed by atoms with van der Waals surface area (Å²) in [6.07, 6.45) is 0.265. The zero-order valence-electron chi connectivity index (χ0n) is 19.4. The molecule has 0 unspecified atom stereocenters. The Morgan fingerprint density at radius 1 is 1.09 bits per heavy atom. The summed E-state index contributed by atoms with van der Waals surface area (Å²) in [7, 11) is 3.32. The van der Waals surface area contributed by atoms with Crippen molar-refractivity contribution in [2.45, 2.75) is 25.2 Å². The number of fused-ring (bicyclic) bond motifs is 2. The molecule has 1 N–H and O–H groups in total. The van der Waals surface area contributed by atoms with E-state index in [2.05, 4.69) is 34.5 Å². The summed E-state index contributed by atoms with van der Waals surface area (Å²) < 4.78 is 27.7. The zero-order chi connectivity index (χ0) is 23.5. The van der Waals surface area contributed by atoms with Gasteiger partial charge in [-0.05, 0) is 58.8 Å². The fraction of sp³-hybridized carbons (Fsp3) is 0.385. The number of ether oxygens (including phenoxy) is 5. The summed E-state index contributed by atoms with van der Waals surface area (Å²) in [4.78, 5) is 3.57. The van der Waals surface area contributed by atoms with Gasteiger partial charge in [0.25, 0.3) is 0 Å². The van der Waals surface area contributed by atoms with E-state index in [4.69, 9.17) is 23.7 Å². The number of rotatable bonds is 9. The van der Waals surface area contributed by atoms with E-state index < -0.39 is 6.10 Å². The normalized spacial score (nSPS) is 17.9. The molecule has 7 nitrogen and oxygen atoms in total. The van der Waals surface area contributed by atoms with Crippen molar-refractivity contribution in [3.05, 3.63) is 69.4 Å². The molecule has 1 aromatic heterocycles. The van der Waals surface area contributed by atoms with Crippen LogP contribution in [-0.4, -0.2) is 56.8 Å². The van der Waals surface area contributed by atoms with Crippen molar-refractivity contribution in [1.82, 2.24) is 4.90 Å². The van der Waals surface area contributed by atoms with Crippen molar-refractivity contribution in [3.8, 4) is 23.0 Å². The highest BCUT2D eigenvalue weighted by molar-refractivity contribution is 7.10. The third-order valence-corrected chi connectivity index (χ3v) is 7.17. The summed E-state index contributed by atoms with van der Waals surface area (Å²) in [6, 6.07) is 14.2. The van der Waals surface area contributed by atoms with Crippen LogP contribution in [0.5, 0.6) is 23.0 Å². The Morgan fingerprint density at radius 2 is 1.91 bits per heavy atom. The van der Waals surface area contributed by atoms with Crippen LogP contribution in [0.1, 0.15) is 27.6 Å². The lowest BCUT2D eigenvalue weighted by Crippen LogP contribution is -2.41. The highest BCUT2D eigenvalue weighted by Gasteiger charge is 2.32. The van der Waals surface area contributed by atoms with E-state index in [0.29, 0.717) is 13.2 Å². The molecular weight excluding hydrogens is 454 g/mol. The standard InChI is InChI=1S/C26H29NO6S/c1-29-22-11-18-7-8-27(26(25-4-3-9-34-25)20(18)12-23(22)30-2)13-19(28)15-31-14-17-5-6-21-24(10-17)33-16-32-21/h3-6,9-12,19,26,28H,7-8,13-16H2,1-2H3/t19-,26+/m1/s1. The first-order chi connectivity index (χ1) is 16.7. The van der Waals surface area contributed by atoms with E-state index in [0.717, 1.165) is 41.5 Å². The minimum Gasteiger partial charge on any atom is -0.493 e. The van der Waals surface area contributed by atoms with Crippen LogP contribution in [0.2, 0.25) is 0 Å². The highest BCUT2D eigenvalue weighted by Crippen LogP contribution is 2.42. The van der Waals surface area contributed by atoms with Gasteiger partial charge < -0.3 is 28.8 Å². The minimum absolute atomic E-state index is 0.0482. The molecule has 2 aromatic carbocycles. The maximum absolute atomic E-state index is 10.8. The van der Waals surface area contributed by atoms with Crippen LogP contribution in [0.3, 0.4) is 0 Å². The fourth-order valence-corrected chi connectivity index (χ4v) is 5.52. The van der Waals surface area contributed by atoms with Crippen molar-refractivity contribution in [2.24, 2.45) is 0 Å². The van der Waals surface area contributed by atoms with Crippen molar-refractivity contribution in [1.29, 1.82) is 0 Å². The lowest BCUT2D eigenvalue weighted by atomic mass is 9.90. The van der Waals surface area contributed by atoms with Crippen LogP contribution in [0.25, 0.3) is 0 Å². The molecule has 2 atom stereocenters. The van der Waals surface area contributed by atoms with Gasteiger partial charge in [-0.1, -0.05) is 12.1 Å². The van der Waals surface area contributed by atoms with Gasteiger partial charge in [0.1, 0.15) is 0 Å². The van der Waals surface area contributed by atoms with Crippen LogP contribution in [0, 0.1) is 0 Å². The molecule has 0 spiro atoms. The predicted octanol–water partition coefficient (Wildman–Crippen LogP) is 4.02. The van der Waals surface area contributed by atoms with Crippen LogP contribution in [-0.2, 0) is 17.8 Å². The lowest BCUT2D eigenvalue weighted by molar-refractivity contribution is 0.00398.